The molecule has 0 amide bonds. The molecular weight excluding hydrogens is 270 g/mol. The number of halogens is 3. The molecule has 0 aliphatic rings. The Kier molecular flexibility index (Phi) is 3.96. The summed E-state index contributed by atoms with van der Waals surface area (Å²) in [5.74, 6) is -1.29. The highest BCUT2D eigenvalue weighted by Crippen LogP contribution is 2.18. The highest BCUT2D eigenvalue weighted by Gasteiger charge is 2.12. The monoisotopic (exact) mass is 280 g/mol. The third kappa shape index (κ3) is 3.18. The van der Waals surface area contributed by atoms with Gasteiger partial charge in [-0.1, -0.05) is 23.7 Å². The lowest BCUT2D eigenvalue weighted by Crippen LogP contribution is -2.06. The lowest BCUT2D eigenvalue weighted by Gasteiger charge is -2.05. The smallest absolute Gasteiger partial charge is 0.167 e. The van der Waals surface area contributed by atoms with Crippen LogP contribution in [0, 0.1) is 18.6 Å². The van der Waals surface area contributed by atoms with Crippen LogP contribution in [0.25, 0.3) is 0 Å². The van der Waals surface area contributed by atoms with Gasteiger partial charge in [0.1, 0.15) is 11.6 Å². The first kappa shape index (κ1) is 13.7. The van der Waals surface area contributed by atoms with Crippen molar-refractivity contribution < 1.29 is 13.6 Å². The number of hydrogen-bond donors (Lipinski definition) is 0. The fourth-order valence-corrected chi connectivity index (χ4v) is 1.91. The van der Waals surface area contributed by atoms with Crippen LogP contribution in [0.5, 0.6) is 0 Å². The van der Waals surface area contributed by atoms with Crippen molar-refractivity contribution in [2.45, 2.75) is 13.3 Å². The predicted molar refractivity (Wildman–Crippen MR) is 70.6 cm³/mol. The summed E-state index contributed by atoms with van der Waals surface area (Å²) in [5, 5.41) is 0.360. The second-order valence-corrected chi connectivity index (χ2v) is 4.74. The van der Waals surface area contributed by atoms with Crippen LogP contribution in [0.1, 0.15) is 21.5 Å². The summed E-state index contributed by atoms with van der Waals surface area (Å²) in [5.41, 5.74) is 0.895. The Balaban J connectivity index is 2.25. The first-order valence-electron chi connectivity index (χ1n) is 5.70. The fraction of sp³-hybridized carbons (Fsp3) is 0.133. The zero-order valence-electron chi connectivity index (χ0n) is 10.2. The first-order chi connectivity index (χ1) is 8.97. The van der Waals surface area contributed by atoms with Crippen LogP contribution in [0.2, 0.25) is 5.02 Å². The molecule has 0 N–H and O–H groups in total. The van der Waals surface area contributed by atoms with E-state index in [0.717, 1.165) is 0 Å². The van der Waals surface area contributed by atoms with E-state index >= 15 is 0 Å². The van der Waals surface area contributed by atoms with Crippen LogP contribution < -0.4 is 0 Å². The molecule has 0 saturated heterocycles. The molecule has 0 atom stereocenters. The van der Waals surface area contributed by atoms with Gasteiger partial charge in [0.05, 0.1) is 0 Å². The zero-order chi connectivity index (χ0) is 14.0. The molecule has 0 aromatic heterocycles. The van der Waals surface area contributed by atoms with Gasteiger partial charge in [-0.2, -0.15) is 0 Å². The van der Waals surface area contributed by atoms with Crippen LogP contribution in [0.3, 0.4) is 0 Å². The van der Waals surface area contributed by atoms with Crippen molar-refractivity contribution >= 4 is 17.4 Å². The number of aryl methyl sites for hydroxylation is 1. The summed E-state index contributed by atoms with van der Waals surface area (Å²) < 4.78 is 26.9. The van der Waals surface area contributed by atoms with Crippen LogP contribution in [-0.2, 0) is 6.42 Å². The molecular formula is C15H11ClF2O. The molecule has 0 fully saturated rings. The molecule has 0 bridgehead atoms. The molecule has 0 aliphatic heterocycles. The van der Waals surface area contributed by atoms with Crippen molar-refractivity contribution in [3.63, 3.8) is 0 Å². The molecule has 0 unspecified atom stereocenters. The van der Waals surface area contributed by atoms with Crippen LogP contribution >= 0.6 is 11.6 Å². The van der Waals surface area contributed by atoms with Crippen molar-refractivity contribution in [3.8, 4) is 0 Å². The second kappa shape index (κ2) is 5.49. The number of Topliss-reactive ketones (excluding diaryl/α,β-unsaturated/α-hetero) is 1. The molecule has 0 radical (unpaired) electrons. The zero-order valence-corrected chi connectivity index (χ0v) is 11.0. The van der Waals surface area contributed by atoms with Crippen molar-refractivity contribution in [2.75, 3.05) is 0 Å². The van der Waals surface area contributed by atoms with Gasteiger partial charge in [-0.25, -0.2) is 8.78 Å². The van der Waals surface area contributed by atoms with Gasteiger partial charge in [0.25, 0.3) is 0 Å². The van der Waals surface area contributed by atoms with Crippen molar-refractivity contribution in [3.05, 3.63) is 69.7 Å². The predicted octanol–water partition coefficient (Wildman–Crippen LogP) is 4.35. The average molecular weight is 281 g/mol. The van der Waals surface area contributed by atoms with Gasteiger partial charge in [-0.3, -0.25) is 4.79 Å². The largest absolute Gasteiger partial charge is 0.294 e. The second-order valence-electron chi connectivity index (χ2n) is 4.30. The third-order valence-corrected chi connectivity index (χ3v) is 3.09. The molecule has 2 rings (SSSR count). The van der Waals surface area contributed by atoms with E-state index < -0.39 is 11.6 Å². The maximum atomic E-state index is 13.5. The molecule has 19 heavy (non-hydrogen) atoms. The SMILES string of the molecule is Cc1ccc(C(=O)Cc2cc(Cl)ccc2F)cc1F. The van der Waals surface area contributed by atoms with E-state index in [1.807, 2.05) is 0 Å². The van der Waals surface area contributed by atoms with Gasteiger partial charge in [0.15, 0.2) is 5.78 Å². The number of carbonyl (C=O) groups excluding carboxylic acids is 1. The van der Waals surface area contributed by atoms with E-state index in [-0.39, 0.29) is 23.3 Å². The summed E-state index contributed by atoms with van der Waals surface area (Å²) in [6, 6.07) is 8.25. The molecule has 1 nitrogen and oxygen atoms in total. The number of ketones is 1. The minimum Gasteiger partial charge on any atom is -0.294 e. The van der Waals surface area contributed by atoms with E-state index in [0.29, 0.717) is 10.6 Å². The van der Waals surface area contributed by atoms with E-state index in [9.17, 15) is 13.6 Å². The summed E-state index contributed by atoms with van der Waals surface area (Å²) in [4.78, 5) is 12.0. The Labute approximate surface area is 114 Å². The minimum absolute atomic E-state index is 0.144. The van der Waals surface area contributed by atoms with Gasteiger partial charge in [0, 0.05) is 17.0 Å². The Morgan fingerprint density at radius 3 is 2.53 bits per heavy atom. The number of rotatable bonds is 3. The fourth-order valence-electron chi connectivity index (χ4n) is 1.72. The molecule has 0 saturated carbocycles. The summed E-state index contributed by atoms with van der Waals surface area (Å²) in [7, 11) is 0. The third-order valence-electron chi connectivity index (χ3n) is 2.85. The van der Waals surface area contributed by atoms with Gasteiger partial charge in [-0.15, -0.1) is 0 Å². The molecule has 2 aromatic rings. The van der Waals surface area contributed by atoms with Crippen molar-refractivity contribution in [1.29, 1.82) is 0 Å². The molecule has 0 spiro atoms. The Morgan fingerprint density at radius 1 is 1.11 bits per heavy atom. The first-order valence-corrected chi connectivity index (χ1v) is 6.08. The quantitative estimate of drug-likeness (QED) is 0.764. The van der Waals surface area contributed by atoms with Crippen LogP contribution in [0.4, 0.5) is 8.78 Å². The maximum Gasteiger partial charge on any atom is 0.167 e. The average Bonchev–Trinajstić information content (AvgIpc) is 2.37. The van der Waals surface area contributed by atoms with Crippen LogP contribution in [0.15, 0.2) is 36.4 Å². The molecule has 4 heteroatoms. The van der Waals surface area contributed by atoms with Gasteiger partial charge < -0.3 is 0 Å². The minimum atomic E-state index is -0.495. The normalized spacial score (nSPS) is 10.5. The molecule has 0 heterocycles. The Morgan fingerprint density at radius 2 is 1.84 bits per heavy atom. The highest BCUT2D eigenvalue weighted by molar-refractivity contribution is 6.30. The van der Waals surface area contributed by atoms with Crippen molar-refractivity contribution in [2.24, 2.45) is 0 Å². The summed E-state index contributed by atoms with van der Waals surface area (Å²) >= 11 is 5.75. The topological polar surface area (TPSA) is 17.1 Å². The molecule has 2 aromatic carbocycles. The summed E-state index contributed by atoms with van der Waals surface area (Å²) in [6.45, 7) is 1.61. The van der Waals surface area contributed by atoms with Gasteiger partial charge >= 0.3 is 0 Å². The molecule has 98 valence electrons. The lowest BCUT2D eigenvalue weighted by molar-refractivity contribution is 0.0991. The number of carbonyl (C=O) groups is 1. The maximum absolute atomic E-state index is 13.5. The van der Waals surface area contributed by atoms with Crippen LogP contribution in [-0.4, -0.2) is 5.78 Å². The van der Waals surface area contributed by atoms with E-state index in [2.05, 4.69) is 0 Å². The number of hydrogen-bond acceptors (Lipinski definition) is 1. The van der Waals surface area contributed by atoms with E-state index in [1.165, 1.54) is 36.4 Å². The van der Waals surface area contributed by atoms with Gasteiger partial charge in [0.2, 0.25) is 0 Å². The lowest BCUT2D eigenvalue weighted by atomic mass is 10.0. The van der Waals surface area contributed by atoms with Gasteiger partial charge in [-0.05, 0) is 42.3 Å². The Hall–Kier alpha value is -1.74. The van der Waals surface area contributed by atoms with E-state index in [4.69, 9.17) is 11.6 Å². The molecule has 0 aliphatic carbocycles. The standard InChI is InChI=1S/C15H11ClF2O/c1-9-2-3-10(7-14(9)18)15(19)8-11-6-12(16)4-5-13(11)17/h2-7H,8H2,1H3. The highest BCUT2D eigenvalue weighted by atomic mass is 35.5. The summed E-state index contributed by atoms with van der Waals surface area (Å²) in [6.07, 6.45) is -0.144. The van der Waals surface area contributed by atoms with E-state index in [1.54, 1.807) is 6.92 Å². The van der Waals surface area contributed by atoms with Crippen molar-refractivity contribution in [1.82, 2.24) is 0 Å². The number of benzene rings is 2. The Bertz CT molecular complexity index is 638.